The molecule has 2 aromatic carbocycles. The highest BCUT2D eigenvalue weighted by Gasteiger charge is 2.15. The van der Waals surface area contributed by atoms with E-state index in [-0.39, 0.29) is 17.9 Å². The van der Waals surface area contributed by atoms with E-state index in [1.807, 2.05) is 10.6 Å². The number of aromatic nitrogens is 3. The minimum Gasteiger partial charge on any atom is -0.350 e. The van der Waals surface area contributed by atoms with Crippen LogP contribution in [0.4, 0.5) is 8.78 Å². The molecular formula is C21H16F2N4O. The largest absolute Gasteiger partial charge is 0.350 e. The van der Waals surface area contributed by atoms with Crippen molar-refractivity contribution in [3.63, 3.8) is 0 Å². The van der Waals surface area contributed by atoms with E-state index in [2.05, 4.69) is 15.3 Å². The smallest absolute Gasteiger partial charge is 0.254 e. The third-order valence-corrected chi connectivity index (χ3v) is 4.35. The van der Waals surface area contributed by atoms with Crippen molar-refractivity contribution in [2.45, 2.75) is 6.54 Å². The molecule has 0 aliphatic heterocycles. The summed E-state index contributed by atoms with van der Waals surface area (Å²) in [5.41, 5.74) is 2.08. The van der Waals surface area contributed by atoms with Gasteiger partial charge in [-0.15, -0.1) is 0 Å². The Hall–Kier alpha value is -3.61. The van der Waals surface area contributed by atoms with Gasteiger partial charge in [-0.3, -0.25) is 4.79 Å². The Morgan fingerprint density at radius 2 is 1.79 bits per heavy atom. The number of amides is 1. The fourth-order valence-electron chi connectivity index (χ4n) is 3.01. The molecule has 0 aliphatic rings. The Morgan fingerprint density at radius 1 is 1.00 bits per heavy atom. The fraction of sp³-hybridized carbons (Fsp3) is 0.0952. The zero-order valence-electron chi connectivity index (χ0n) is 14.8. The van der Waals surface area contributed by atoms with E-state index in [0.717, 1.165) is 5.56 Å². The van der Waals surface area contributed by atoms with E-state index in [1.54, 1.807) is 30.5 Å². The number of hydrogen-bond acceptors (Lipinski definition) is 3. The van der Waals surface area contributed by atoms with Crippen LogP contribution < -0.4 is 5.32 Å². The molecule has 1 N–H and O–H groups in total. The molecule has 0 saturated heterocycles. The van der Waals surface area contributed by atoms with Crippen LogP contribution in [0, 0.1) is 11.6 Å². The van der Waals surface area contributed by atoms with Crippen LogP contribution in [-0.4, -0.2) is 27.0 Å². The van der Waals surface area contributed by atoms with Crippen LogP contribution in [-0.2, 0) is 6.54 Å². The van der Waals surface area contributed by atoms with Gasteiger partial charge in [-0.25, -0.2) is 18.7 Å². The van der Waals surface area contributed by atoms with Gasteiger partial charge in [0.2, 0.25) is 0 Å². The van der Waals surface area contributed by atoms with E-state index in [0.29, 0.717) is 23.5 Å². The highest BCUT2D eigenvalue weighted by atomic mass is 19.1. The molecule has 2 aromatic heterocycles. The van der Waals surface area contributed by atoms with Crippen molar-refractivity contribution in [3.8, 4) is 11.4 Å². The first-order chi connectivity index (χ1) is 13.6. The molecule has 4 aromatic rings. The average molecular weight is 378 g/mol. The van der Waals surface area contributed by atoms with Crippen LogP contribution in [0.25, 0.3) is 22.6 Å². The number of pyridine rings is 1. The highest BCUT2D eigenvalue weighted by Crippen LogP contribution is 2.23. The van der Waals surface area contributed by atoms with Crippen LogP contribution in [0.1, 0.15) is 10.4 Å². The number of hydrogen-bond donors (Lipinski definition) is 1. The Bertz CT molecular complexity index is 1140. The minimum atomic E-state index is -0.568. The molecule has 0 spiro atoms. The molecule has 0 saturated carbocycles. The Morgan fingerprint density at radius 3 is 2.57 bits per heavy atom. The van der Waals surface area contributed by atoms with Gasteiger partial charge in [-0.05, 0) is 48.5 Å². The first-order valence-corrected chi connectivity index (χ1v) is 8.73. The summed E-state index contributed by atoms with van der Waals surface area (Å²) in [6.07, 6.45) is 1.66. The summed E-state index contributed by atoms with van der Waals surface area (Å²) in [4.78, 5) is 21.2. The van der Waals surface area contributed by atoms with Crippen molar-refractivity contribution in [1.82, 2.24) is 19.9 Å². The minimum absolute atomic E-state index is 0.00475. The lowest BCUT2D eigenvalue weighted by molar-refractivity contribution is 0.0948. The number of halogens is 2. The Labute approximate surface area is 159 Å². The van der Waals surface area contributed by atoms with Gasteiger partial charge in [0, 0.05) is 24.8 Å². The topological polar surface area (TPSA) is 59.8 Å². The van der Waals surface area contributed by atoms with Crippen molar-refractivity contribution in [1.29, 1.82) is 0 Å². The van der Waals surface area contributed by atoms with Gasteiger partial charge in [0.05, 0.1) is 5.56 Å². The molecule has 5 nitrogen and oxygen atoms in total. The molecule has 140 valence electrons. The molecule has 0 aliphatic carbocycles. The second-order valence-corrected chi connectivity index (χ2v) is 6.18. The monoisotopic (exact) mass is 378 g/mol. The number of rotatable bonds is 5. The number of carbonyl (C=O) groups is 1. The van der Waals surface area contributed by atoms with Crippen molar-refractivity contribution in [2.24, 2.45) is 0 Å². The zero-order valence-corrected chi connectivity index (χ0v) is 14.8. The van der Waals surface area contributed by atoms with Crippen LogP contribution in [0.15, 0.2) is 66.9 Å². The van der Waals surface area contributed by atoms with Crippen molar-refractivity contribution in [2.75, 3.05) is 6.54 Å². The molecule has 0 atom stereocenters. The lowest BCUT2D eigenvalue weighted by Gasteiger charge is -2.10. The number of benzene rings is 2. The van der Waals surface area contributed by atoms with E-state index in [1.165, 1.54) is 30.3 Å². The lowest BCUT2D eigenvalue weighted by Crippen LogP contribution is -2.28. The van der Waals surface area contributed by atoms with E-state index < -0.39 is 11.7 Å². The molecule has 1 amide bonds. The summed E-state index contributed by atoms with van der Waals surface area (Å²) in [7, 11) is 0. The average Bonchev–Trinajstić information content (AvgIpc) is 3.07. The third kappa shape index (κ3) is 3.46. The maximum absolute atomic E-state index is 13.8. The first-order valence-electron chi connectivity index (χ1n) is 8.73. The van der Waals surface area contributed by atoms with Gasteiger partial charge in [-0.1, -0.05) is 12.1 Å². The van der Waals surface area contributed by atoms with Crippen LogP contribution in [0.2, 0.25) is 0 Å². The molecule has 7 heteroatoms. The lowest BCUT2D eigenvalue weighted by atomic mass is 10.2. The summed E-state index contributed by atoms with van der Waals surface area (Å²) in [5, 5.41) is 2.72. The molecular weight excluding hydrogens is 362 g/mol. The number of carbonyl (C=O) groups excluding carboxylic acids is 1. The Kier molecular flexibility index (Phi) is 4.80. The number of imidazole rings is 1. The second kappa shape index (κ2) is 7.56. The van der Waals surface area contributed by atoms with Gasteiger partial charge in [0.15, 0.2) is 5.65 Å². The van der Waals surface area contributed by atoms with Crippen molar-refractivity contribution < 1.29 is 13.6 Å². The Balaban J connectivity index is 1.59. The maximum Gasteiger partial charge on any atom is 0.254 e. The number of fused-ring (bicyclic) bond motifs is 1. The maximum atomic E-state index is 13.8. The van der Waals surface area contributed by atoms with Gasteiger partial charge in [-0.2, -0.15) is 0 Å². The number of nitrogens with one attached hydrogen (secondary N) is 1. The first kappa shape index (κ1) is 17.8. The summed E-state index contributed by atoms with van der Waals surface area (Å²) in [6, 6.07) is 15.5. The van der Waals surface area contributed by atoms with Crippen LogP contribution in [0.3, 0.4) is 0 Å². The van der Waals surface area contributed by atoms with Gasteiger partial charge < -0.3 is 9.88 Å². The third-order valence-electron chi connectivity index (χ3n) is 4.35. The normalized spacial score (nSPS) is 10.9. The van der Waals surface area contributed by atoms with Crippen LogP contribution in [0.5, 0.6) is 0 Å². The highest BCUT2D eigenvalue weighted by molar-refractivity contribution is 5.94. The van der Waals surface area contributed by atoms with E-state index in [9.17, 15) is 13.6 Å². The van der Waals surface area contributed by atoms with Crippen LogP contribution >= 0.6 is 0 Å². The van der Waals surface area contributed by atoms with E-state index in [4.69, 9.17) is 0 Å². The van der Waals surface area contributed by atoms with Gasteiger partial charge >= 0.3 is 0 Å². The summed E-state index contributed by atoms with van der Waals surface area (Å²) >= 11 is 0. The molecule has 0 bridgehead atoms. The standard InChI is InChI=1S/C21H16F2N4O/c22-15-9-7-14(8-10-15)19-26-18-6-3-11-24-20(18)27(19)13-12-25-21(28)16-4-1-2-5-17(16)23/h1-11H,12-13H2,(H,25,28). The van der Waals surface area contributed by atoms with E-state index >= 15 is 0 Å². The predicted molar refractivity (Wildman–Crippen MR) is 102 cm³/mol. The SMILES string of the molecule is O=C(NCCn1c(-c2ccc(F)cc2)nc2cccnc21)c1ccccc1F. The van der Waals surface area contributed by atoms with Crippen molar-refractivity contribution >= 4 is 17.1 Å². The number of nitrogens with zero attached hydrogens (tertiary/aromatic N) is 3. The molecule has 2 heterocycles. The molecule has 0 radical (unpaired) electrons. The molecule has 28 heavy (non-hydrogen) atoms. The summed E-state index contributed by atoms with van der Waals surface area (Å²) < 4.78 is 28.9. The summed E-state index contributed by atoms with van der Waals surface area (Å²) in [5.74, 6) is -0.768. The fourth-order valence-corrected chi connectivity index (χ4v) is 3.01. The molecule has 0 fully saturated rings. The molecule has 4 rings (SSSR count). The zero-order chi connectivity index (χ0) is 19.5. The van der Waals surface area contributed by atoms with Crippen molar-refractivity contribution in [3.05, 3.63) is 84.1 Å². The molecule has 0 unspecified atom stereocenters. The quantitative estimate of drug-likeness (QED) is 0.575. The van der Waals surface area contributed by atoms with Gasteiger partial charge in [0.25, 0.3) is 5.91 Å². The van der Waals surface area contributed by atoms with Gasteiger partial charge in [0.1, 0.15) is 23.0 Å². The predicted octanol–water partition coefficient (Wildman–Crippen LogP) is 3.81. The second-order valence-electron chi connectivity index (χ2n) is 6.18. The summed E-state index contributed by atoms with van der Waals surface area (Å²) in [6.45, 7) is 0.629.